The third kappa shape index (κ3) is 8.86. The lowest BCUT2D eigenvalue weighted by Crippen LogP contribution is -2.44. The molecule has 0 saturated carbocycles. The predicted octanol–water partition coefficient (Wildman–Crippen LogP) is 2.86. The Balaban J connectivity index is 0.000000699. The zero-order valence-electron chi connectivity index (χ0n) is 21.0. The number of amides is 2. The van der Waals surface area contributed by atoms with Crippen molar-refractivity contribution in [1.29, 1.82) is 0 Å². The number of rotatable bonds is 7. The molecule has 0 aliphatic carbocycles. The molecule has 2 aliphatic heterocycles. The number of halogens is 3. The molecule has 3 rings (SSSR count). The number of nitrogens with zero attached hydrogens (tertiary/aromatic N) is 2. The average Bonchev–Trinajstić information content (AvgIpc) is 3.37. The second-order valence-electron chi connectivity index (χ2n) is 10.1. The minimum atomic E-state index is -1.26. The van der Waals surface area contributed by atoms with Crippen LogP contribution in [-0.2, 0) is 30.3 Å². The molecule has 38 heavy (non-hydrogen) atoms. The number of carbonyl (C=O) groups excluding carboxylic acids is 3. The van der Waals surface area contributed by atoms with Crippen molar-refractivity contribution in [3.8, 4) is 0 Å². The number of carboxylic acid groups (broad SMARTS) is 1. The summed E-state index contributed by atoms with van der Waals surface area (Å²) >= 11 is 0. The van der Waals surface area contributed by atoms with Crippen LogP contribution >= 0.6 is 0 Å². The fourth-order valence-electron chi connectivity index (χ4n) is 4.46. The zero-order chi connectivity index (χ0) is 27.9. The maximum atomic E-state index is 13.8. The van der Waals surface area contributed by atoms with Gasteiger partial charge in [0.25, 0.3) is 6.47 Å². The molecular formula is C26H36F3N3O6. The first-order valence-corrected chi connectivity index (χ1v) is 11.7. The van der Waals surface area contributed by atoms with E-state index in [1.54, 1.807) is 4.90 Å². The molecule has 2 saturated heterocycles. The number of nitrogens with two attached hydrogens (primary N) is 1. The highest BCUT2D eigenvalue weighted by atomic mass is 19.2. The summed E-state index contributed by atoms with van der Waals surface area (Å²) in [5.41, 5.74) is 5.49. The Morgan fingerprint density at radius 1 is 1.16 bits per heavy atom. The van der Waals surface area contributed by atoms with E-state index in [0.717, 1.165) is 18.7 Å². The van der Waals surface area contributed by atoms with Gasteiger partial charge in [-0.25, -0.2) is 18.0 Å². The summed E-state index contributed by atoms with van der Waals surface area (Å²) < 4.78 is 44.2. The van der Waals surface area contributed by atoms with Crippen LogP contribution in [0.25, 0.3) is 0 Å². The van der Waals surface area contributed by atoms with Crippen LogP contribution < -0.4 is 5.73 Å². The molecule has 0 spiro atoms. The first kappa shape index (κ1) is 32.6. The molecule has 0 unspecified atom stereocenters. The normalized spacial score (nSPS) is 19.2. The van der Waals surface area contributed by atoms with E-state index in [9.17, 15) is 32.3 Å². The van der Waals surface area contributed by atoms with Crippen LogP contribution in [0.4, 0.5) is 13.2 Å². The SMILES string of the molecule is C.CC(C)(C)C(=O)N1C[C@@H]2CCN(C(=O)C[C@H](N)Cc3cc(F)c(F)cc3F)[C@@H]2C1.O=CO/C=C/C(=O)O. The minimum Gasteiger partial charge on any atom is -0.478 e. The van der Waals surface area contributed by atoms with Crippen LogP contribution in [0.15, 0.2) is 24.5 Å². The third-order valence-corrected chi connectivity index (χ3v) is 6.15. The smallest absolute Gasteiger partial charge is 0.331 e. The molecule has 212 valence electrons. The van der Waals surface area contributed by atoms with Gasteiger partial charge in [0, 0.05) is 49.5 Å². The van der Waals surface area contributed by atoms with Crippen molar-refractivity contribution in [2.75, 3.05) is 19.6 Å². The van der Waals surface area contributed by atoms with Gasteiger partial charge in [0.2, 0.25) is 11.8 Å². The number of hydrogen-bond acceptors (Lipinski definition) is 6. The molecule has 0 aromatic heterocycles. The van der Waals surface area contributed by atoms with Crippen molar-refractivity contribution in [3.05, 3.63) is 47.5 Å². The molecular weight excluding hydrogens is 507 g/mol. The Labute approximate surface area is 220 Å². The molecule has 2 fully saturated rings. The number of benzene rings is 1. The van der Waals surface area contributed by atoms with E-state index >= 15 is 0 Å². The molecule has 2 amide bonds. The Kier molecular flexibility index (Phi) is 12.0. The number of carbonyl (C=O) groups is 4. The maximum Gasteiger partial charge on any atom is 0.331 e. The second-order valence-corrected chi connectivity index (χ2v) is 10.1. The average molecular weight is 544 g/mol. The topological polar surface area (TPSA) is 130 Å². The first-order chi connectivity index (χ1) is 17.2. The fourth-order valence-corrected chi connectivity index (χ4v) is 4.46. The largest absolute Gasteiger partial charge is 0.478 e. The summed E-state index contributed by atoms with van der Waals surface area (Å²) in [6.07, 6.45) is 2.25. The molecule has 2 aliphatic rings. The number of carboxylic acids is 1. The van der Waals surface area contributed by atoms with Crippen molar-refractivity contribution in [3.63, 3.8) is 0 Å². The summed E-state index contributed by atoms with van der Waals surface area (Å²) in [6.45, 7) is 7.54. The number of aliphatic carboxylic acids is 1. The molecule has 2 heterocycles. The highest BCUT2D eigenvalue weighted by molar-refractivity contribution is 5.82. The predicted molar refractivity (Wildman–Crippen MR) is 133 cm³/mol. The summed E-state index contributed by atoms with van der Waals surface area (Å²) in [7, 11) is 0. The van der Waals surface area contributed by atoms with Crippen LogP contribution in [0, 0.1) is 28.8 Å². The van der Waals surface area contributed by atoms with E-state index in [1.165, 1.54) is 0 Å². The molecule has 0 radical (unpaired) electrons. The number of ether oxygens (including phenoxy) is 1. The molecule has 3 atom stereocenters. The van der Waals surface area contributed by atoms with Crippen LogP contribution in [0.1, 0.15) is 46.6 Å². The summed E-state index contributed by atoms with van der Waals surface area (Å²) in [5.74, 6) is -4.24. The molecule has 1 aromatic rings. The van der Waals surface area contributed by atoms with Crippen LogP contribution in [0.2, 0.25) is 0 Å². The van der Waals surface area contributed by atoms with Gasteiger partial charge >= 0.3 is 5.97 Å². The van der Waals surface area contributed by atoms with Crippen molar-refractivity contribution in [2.24, 2.45) is 17.1 Å². The van der Waals surface area contributed by atoms with Crippen LogP contribution in [0.5, 0.6) is 0 Å². The van der Waals surface area contributed by atoms with Gasteiger partial charge in [-0.2, -0.15) is 0 Å². The van der Waals surface area contributed by atoms with Crippen molar-refractivity contribution in [1.82, 2.24) is 9.80 Å². The van der Waals surface area contributed by atoms with Crippen LogP contribution in [0.3, 0.4) is 0 Å². The Hall–Kier alpha value is -3.41. The van der Waals surface area contributed by atoms with E-state index < -0.39 is 34.9 Å². The van der Waals surface area contributed by atoms with Gasteiger partial charge < -0.3 is 25.4 Å². The van der Waals surface area contributed by atoms with Gasteiger partial charge in [-0.05, 0) is 24.5 Å². The van der Waals surface area contributed by atoms with E-state index in [1.807, 2.05) is 25.7 Å². The Bertz CT molecular complexity index is 1040. The summed E-state index contributed by atoms with van der Waals surface area (Å²) in [4.78, 5) is 47.8. The number of hydrogen-bond donors (Lipinski definition) is 2. The number of likely N-dealkylation sites (tertiary alicyclic amines) is 2. The van der Waals surface area contributed by atoms with Gasteiger partial charge in [-0.1, -0.05) is 28.2 Å². The molecule has 1 aromatic carbocycles. The van der Waals surface area contributed by atoms with Gasteiger partial charge in [0.15, 0.2) is 11.6 Å². The summed E-state index contributed by atoms with van der Waals surface area (Å²) in [6, 6.07) is 0.535. The molecule has 9 nitrogen and oxygen atoms in total. The van der Waals surface area contributed by atoms with E-state index in [2.05, 4.69) is 4.74 Å². The van der Waals surface area contributed by atoms with E-state index in [4.69, 9.17) is 10.8 Å². The van der Waals surface area contributed by atoms with E-state index in [0.29, 0.717) is 31.8 Å². The van der Waals surface area contributed by atoms with Gasteiger partial charge in [0.1, 0.15) is 12.1 Å². The van der Waals surface area contributed by atoms with Gasteiger partial charge in [0.05, 0.1) is 12.1 Å². The first-order valence-electron chi connectivity index (χ1n) is 11.7. The number of fused-ring (bicyclic) bond motifs is 1. The molecule has 0 bridgehead atoms. The highest BCUT2D eigenvalue weighted by Gasteiger charge is 2.46. The van der Waals surface area contributed by atoms with Gasteiger partial charge in [-0.15, -0.1) is 0 Å². The quantitative estimate of drug-likeness (QED) is 0.234. The Morgan fingerprint density at radius 2 is 1.79 bits per heavy atom. The highest BCUT2D eigenvalue weighted by Crippen LogP contribution is 2.34. The van der Waals surface area contributed by atoms with Gasteiger partial charge in [-0.3, -0.25) is 14.4 Å². The van der Waals surface area contributed by atoms with Crippen molar-refractivity contribution in [2.45, 2.75) is 59.5 Å². The van der Waals surface area contributed by atoms with E-state index in [-0.39, 0.29) is 56.1 Å². The minimum absolute atomic E-state index is 0. The monoisotopic (exact) mass is 543 g/mol. The lowest BCUT2D eigenvalue weighted by molar-refractivity contribution is -0.140. The summed E-state index contributed by atoms with van der Waals surface area (Å²) in [5, 5.41) is 7.86. The lowest BCUT2D eigenvalue weighted by atomic mass is 9.95. The lowest BCUT2D eigenvalue weighted by Gasteiger charge is -2.29. The molecule has 3 N–H and O–H groups in total. The third-order valence-electron chi connectivity index (χ3n) is 6.15. The molecule has 12 heteroatoms. The van der Waals surface area contributed by atoms with Crippen molar-refractivity contribution < 1.29 is 42.2 Å². The van der Waals surface area contributed by atoms with Crippen LogP contribution in [-0.4, -0.2) is 70.9 Å². The zero-order valence-corrected chi connectivity index (χ0v) is 21.0. The maximum absolute atomic E-state index is 13.8. The fraction of sp³-hybridized carbons (Fsp3) is 0.538. The second kappa shape index (κ2) is 13.9. The van der Waals surface area contributed by atoms with Crippen molar-refractivity contribution >= 4 is 24.3 Å². The Morgan fingerprint density at radius 3 is 2.37 bits per heavy atom. The standard InChI is InChI=1S/C21H28F3N3O2.C4H4O4.CH4/c1-21(2,3)20(29)26-10-12-4-5-27(18(12)11-26)19(28)8-14(25)6-13-7-16(23)17(24)9-15(13)22;5-3-8-2-1-4(6)7;/h7,9,12,14,18H,4-6,8,10-11,25H2,1-3H3;1-3H,(H,6,7);1H4/b;2-1+;/t12-,14+,18+;;/m0../s1.